The van der Waals surface area contributed by atoms with E-state index in [0.717, 1.165) is 19.5 Å². The van der Waals surface area contributed by atoms with Crippen molar-refractivity contribution in [3.05, 3.63) is 35.4 Å². The Hall–Kier alpha value is -0.860. The van der Waals surface area contributed by atoms with Gasteiger partial charge < -0.3 is 10.6 Å². The maximum Gasteiger partial charge on any atom is 0.0105 e. The van der Waals surface area contributed by atoms with Gasteiger partial charge in [0.05, 0.1) is 0 Å². The first-order valence-corrected chi connectivity index (χ1v) is 5.59. The molecule has 0 radical (unpaired) electrons. The lowest BCUT2D eigenvalue weighted by molar-refractivity contribution is 0.263. The maximum atomic E-state index is 5.54. The van der Waals surface area contributed by atoms with E-state index < -0.39 is 0 Å². The predicted molar refractivity (Wildman–Crippen MR) is 66.0 cm³/mol. The molecular weight excluding hydrogens is 184 g/mol. The van der Waals surface area contributed by atoms with E-state index in [1.165, 1.54) is 11.1 Å². The molecule has 15 heavy (non-hydrogen) atoms. The Bertz CT molecular complexity index is 279. The van der Waals surface area contributed by atoms with Gasteiger partial charge in [-0.2, -0.15) is 0 Å². The molecule has 0 fully saturated rings. The van der Waals surface area contributed by atoms with Crippen LogP contribution in [0.1, 0.15) is 18.1 Å². The number of hydrogen-bond donors (Lipinski definition) is 1. The van der Waals surface area contributed by atoms with Crippen molar-refractivity contribution in [1.82, 2.24) is 4.90 Å². The van der Waals surface area contributed by atoms with E-state index in [-0.39, 0.29) is 0 Å². The van der Waals surface area contributed by atoms with Crippen LogP contribution in [0.3, 0.4) is 0 Å². The molecule has 0 spiro atoms. The highest BCUT2D eigenvalue weighted by Gasteiger charge is 2.08. The topological polar surface area (TPSA) is 29.3 Å². The van der Waals surface area contributed by atoms with Crippen molar-refractivity contribution in [2.24, 2.45) is 5.73 Å². The zero-order valence-corrected chi connectivity index (χ0v) is 10.0. The Morgan fingerprint density at radius 3 is 2.40 bits per heavy atom. The molecule has 1 rings (SSSR count). The van der Waals surface area contributed by atoms with Crippen LogP contribution in [0, 0.1) is 6.92 Å². The first kappa shape index (κ1) is 12.2. The second-order valence-corrected chi connectivity index (χ2v) is 4.31. The Labute approximate surface area is 93.1 Å². The van der Waals surface area contributed by atoms with E-state index in [0.29, 0.717) is 6.04 Å². The van der Waals surface area contributed by atoms with Crippen LogP contribution in [-0.2, 0) is 6.42 Å². The van der Waals surface area contributed by atoms with Crippen LogP contribution in [0.4, 0.5) is 0 Å². The Morgan fingerprint density at radius 2 is 1.87 bits per heavy atom. The summed E-state index contributed by atoms with van der Waals surface area (Å²) in [4.78, 5) is 2.31. The highest BCUT2D eigenvalue weighted by molar-refractivity contribution is 5.21. The summed E-state index contributed by atoms with van der Waals surface area (Å²) >= 11 is 0. The van der Waals surface area contributed by atoms with Crippen LogP contribution in [0.5, 0.6) is 0 Å². The smallest absolute Gasteiger partial charge is 0.0105 e. The molecule has 1 unspecified atom stereocenters. The quantitative estimate of drug-likeness (QED) is 0.796. The van der Waals surface area contributed by atoms with Gasteiger partial charge in [-0.1, -0.05) is 29.8 Å². The van der Waals surface area contributed by atoms with Crippen molar-refractivity contribution in [3.8, 4) is 0 Å². The minimum Gasteiger partial charge on any atom is -0.329 e. The van der Waals surface area contributed by atoms with Crippen LogP contribution in [-0.4, -0.2) is 31.1 Å². The van der Waals surface area contributed by atoms with Gasteiger partial charge in [0.1, 0.15) is 0 Å². The van der Waals surface area contributed by atoms with Crippen LogP contribution < -0.4 is 5.73 Å². The minimum atomic E-state index is 0.552. The summed E-state index contributed by atoms with van der Waals surface area (Å²) < 4.78 is 0. The second kappa shape index (κ2) is 5.89. The van der Waals surface area contributed by atoms with Crippen LogP contribution >= 0.6 is 0 Å². The fourth-order valence-electron chi connectivity index (χ4n) is 1.65. The largest absolute Gasteiger partial charge is 0.329 e. The first-order chi connectivity index (χ1) is 7.13. The fourth-order valence-corrected chi connectivity index (χ4v) is 1.65. The van der Waals surface area contributed by atoms with Crippen molar-refractivity contribution < 1.29 is 0 Å². The van der Waals surface area contributed by atoms with E-state index >= 15 is 0 Å². The zero-order valence-electron chi connectivity index (χ0n) is 10.0. The maximum absolute atomic E-state index is 5.54. The van der Waals surface area contributed by atoms with Crippen molar-refractivity contribution in [3.63, 3.8) is 0 Å². The molecule has 0 amide bonds. The van der Waals surface area contributed by atoms with Gasteiger partial charge >= 0.3 is 0 Å². The van der Waals surface area contributed by atoms with Crippen molar-refractivity contribution in [2.75, 3.05) is 20.1 Å². The molecule has 0 bridgehead atoms. The van der Waals surface area contributed by atoms with Gasteiger partial charge in [-0.15, -0.1) is 0 Å². The first-order valence-electron chi connectivity index (χ1n) is 5.59. The fraction of sp³-hybridized carbons (Fsp3) is 0.538. The van der Waals surface area contributed by atoms with E-state index in [4.69, 9.17) is 5.73 Å². The van der Waals surface area contributed by atoms with E-state index in [9.17, 15) is 0 Å². The standard InChI is InChI=1S/C13H22N2/c1-11-4-6-13(7-5-11)10-12(2)15(3)9-8-14/h4-7,12H,8-10,14H2,1-3H3. The van der Waals surface area contributed by atoms with Gasteiger partial charge in [-0.05, 0) is 32.9 Å². The third kappa shape index (κ3) is 4.02. The monoisotopic (exact) mass is 206 g/mol. The lowest BCUT2D eigenvalue weighted by Gasteiger charge is -2.24. The molecule has 0 aliphatic rings. The summed E-state index contributed by atoms with van der Waals surface area (Å²) in [7, 11) is 2.13. The highest BCUT2D eigenvalue weighted by atomic mass is 15.1. The number of nitrogens with two attached hydrogens (primary N) is 1. The molecule has 2 nitrogen and oxygen atoms in total. The van der Waals surface area contributed by atoms with E-state index in [1.807, 2.05) is 0 Å². The van der Waals surface area contributed by atoms with Gasteiger partial charge in [-0.25, -0.2) is 0 Å². The van der Waals surface area contributed by atoms with Gasteiger partial charge in [0.25, 0.3) is 0 Å². The summed E-state index contributed by atoms with van der Waals surface area (Å²) in [5, 5.41) is 0. The van der Waals surface area contributed by atoms with Gasteiger partial charge in [0.2, 0.25) is 0 Å². The van der Waals surface area contributed by atoms with Crippen molar-refractivity contribution in [2.45, 2.75) is 26.3 Å². The molecule has 0 aromatic heterocycles. The minimum absolute atomic E-state index is 0.552. The second-order valence-electron chi connectivity index (χ2n) is 4.31. The molecule has 2 heteroatoms. The Balaban J connectivity index is 2.50. The molecule has 1 atom stereocenters. The van der Waals surface area contributed by atoms with Crippen LogP contribution in [0.25, 0.3) is 0 Å². The van der Waals surface area contributed by atoms with E-state index in [1.54, 1.807) is 0 Å². The normalized spacial score (nSPS) is 13.1. The van der Waals surface area contributed by atoms with Crippen molar-refractivity contribution >= 4 is 0 Å². The lowest BCUT2D eigenvalue weighted by Crippen LogP contribution is -2.34. The molecule has 0 saturated heterocycles. The number of likely N-dealkylation sites (N-methyl/N-ethyl adjacent to an activating group) is 1. The summed E-state index contributed by atoms with van der Waals surface area (Å²) in [6.45, 7) is 6.06. The van der Waals surface area contributed by atoms with Crippen LogP contribution in [0.15, 0.2) is 24.3 Å². The molecule has 84 valence electrons. The van der Waals surface area contributed by atoms with Gasteiger partial charge in [0, 0.05) is 19.1 Å². The zero-order chi connectivity index (χ0) is 11.3. The third-order valence-electron chi connectivity index (χ3n) is 2.89. The highest BCUT2D eigenvalue weighted by Crippen LogP contribution is 2.08. The molecule has 0 heterocycles. The van der Waals surface area contributed by atoms with E-state index in [2.05, 4.69) is 50.1 Å². The average Bonchev–Trinajstić information content (AvgIpc) is 2.22. The number of rotatable bonds is 5. The summed E-state index contributed by atoms with van der Waals surface area (Å²) in [5.41, 5.74) is 8.26. The summed E-state index contributed by atoms with van der Waals surface area (Å²) in [6, 6.07) is 9.32. The number of benzene rings is 1. The van der Waals surface area contributed by atoms with Gasteiger partial charge in [0.15, 0.2) is 0 Å². The lowest BCUT2D eigenvalue weighted by atomic mass is 10.0. The van der Waals surface area contributed by atoms with Gasteiger partial charge in [-0.3, -0.25) is 0 Å². The molecule has 1 aromatic rings. The number of aryl methyl sites for hydroxylation is 1. The molecule has 2 N–H and O–H groups in total. The molecule has 0 aliphatic carbocycles. The number of hydrogen-bond acceptors (Lipinski definition) is 2. The average molecular weight is 206 g/mol. The SMILES string of the molecule is Cc1ccc(CC(C)N(C)CCN)cc1. The number of nitrogens with zero attached hydrogens (tertiary/aromatic N) is 1. The molecule has 0 aliphatic heterocycles. The van der Waals surface area contributed by atoms with Crippen LogP contribution in [0.2, 0.25) is 0 Å². The Kier molecular flexibility index (Phi) is 4.79. The Morgan fingerprint density at radius 1 is 1.27 bits per heavy atom. The summed E-state index contributed by atoms with van der Waals surface area (Å²) in [6.07, 6.45) is 1.09. The predicted octanol–water partition coefficient (Wildman–Crippen LogP) is 1.82. The molecule has 1 aromatic carbocycles. The third-order valence-corrected chi connectivity index (χ3v) is 2.89. The van der Waals surface area contributed by atoms with Crippen molar-refractivity contribution in [1.29, 1.82) is 0 Å². The molecule has 0 saturated carbocycles. The molecular formula is C13H22N2. The summed E-state index contributed by atoms with van der Waals surface area (Å²) in [5.74, 6) is 0.